The maximum absolute atomic E-state index is 4.51. The first kappa shape index (κ1) is 7.69. The van der Waals surface area contributed by atoms with E-state index in [1.165, 1.54) is 19.4 Å². The van der Waals surface area contributed by atoms with Crippen molar-refractivity contribution in [3.8, 4) is 0 Å². The zero-order valence-electron chi connectivity index (χ0n) is 5.55. The minimum atomic E-state index is 0. The Morgan fingerprint density at radius 1 is 1.44 bits per heavy atom. The maximum Gasteiger partial charge on any atom is 0 e. The van der Waals surface area contributed by atoms with Crippen LogP contribution in [0.15, 0.2) is 0 Å². The molecule has 2 saturated heterocycles. The molecule has 2 unspecified atom stereocenters. The molecule has 2 fully saturated rings. The number of hydrogen-bond acceptors (Lipinski definition) is 1. The van der Waals surface area contributed by atoms with Crippen molar-refractivity contribution in [1.82, 2.24) is 4.90 Å². The molecular formula is C6H11N2Re-. The van der Waals surface area contributed by atoms with Gasteiger partial charge in [-0.3, -0.25) is 0 Å². The second-order valence-electron chi connectivity index (χ2n) is 2.80. The molecule has 0 aromatic carbocycles. The van der Waals surface area contributed by atoms with Gasteiger partial charge in [-0.1, -0.05) is 19.0 Å². The Morgan fingerprint density at radius 2 is 2.22 bits per heavy atom. The molecule has 9 heavy (non-hydrogen) atoms. The molecule has 2 heterocycles. The van der Waals surface area contributed by atoms with Gasteiger partial charge in [-0.15, -0.1) is 6.04 Å². The van der Waals surface area contributed by atoms with Crippen LogP contribution in [-0.4, -0.2) is 30.7 Å². The molecule has 2 rings (SSSR count). The van der Waals surface area contributed by atoms with Crippen molar-refractivity contribution in [1.29, 1.82) is 0 Å². The molecule has 1 radical (unpaired) electrons. The van der Waals surface area contributed by atoms with Crippen LogP contribution in [0.4, 0.5) is 0 Å². The van der Waals surface area contributed by atoms with Gasteiger partial charge in [-0.25, -0.2) is 0 Å². The maximum atomic E-state index is 4.51. The molecule has 0 aliphatic carbocycles. The summed E-state index contributed by atoms with van der Waals surface area (Å²) in [7, 11) is 2.16. The number of likely N-dealkylation sites (tertiary alicyclic amines) is 1. The summed E-state index contributed by atoms with van der Waals surface area (Å²) in [5.74, 6) is 0. The van der Waals surface area contributed by atoms with Crippen molar-refractivity contribution in [3.63, 3.8) is 0 Å². The molecule has 2 atom stereocenters. The van der Waals surface area contributed by atoms with Gasteiger partial charge >= 0.3 is 0 Å². The third-order valence-electron chi connectivity index (χ3n) is 2.15. The Balaban J connectivity index is 0.000000405. The van der Waals surface area contributed by atoms with Crippen molar-refractivity contribution in [2.75, 3.05) is 13.6 Å². The third kappa shape index (κ3) is 1.20. The Labute approximate surface area is 69.6 Å². The van der Waals surface area contributed by atoms with Crippen LogP contribution in [0, 0.1) is 0 Å². The summed E-state index contributed by atoms with van der Waals surface area (Å²) >= 11 is 0. The van der Waals surface area contributed by atoms with E-state index in [1.807, 2.05) is 0 Å². The molecule has 3 heteroatoms. The summed E-state index contributed by atoms with van der Waals surface area (Å²) in [4.78, 5) is 2.34. The van der Waals surface area contributed by atoms with E-state index >= 15 is 0 Å². The van der Waals surface area contributed by atoms with Gasteiger partial charge in [0.1, 0.15) is 0 Å². The minimum Gasteiger partial charge on any atom is -0.643 e. The zero-order valence-corrected chi connectivity index (χ0v) is 8.26. The minimum absolute atomic E-state index is 0. The van der Waals surface area contributed by atoms with Crippen LogP contribution in [0.5, 0.6) is 0 Å². The van der Waals surface area contributed by atoms with E-state index in [2.05, 4.69) is 17.3 Å². The predicted octanol–water partition coefficient (Wildman–Crippen LogP) is 0.791. The van der Waals surface area contributed by atoms with Gasteiger partial charge < -0.3 is 10.2 Å². The third-order valence-corrected chi connectivity index (χ3v) is 2.15. The molecule has 2 aliphatic heterocycles. The van der Waals surface area contributed by atoms with E-state index in [9.17, 15) is 0 Å². The van der Waals surface area contributed by atoms with Crippen LogP contribution >= 0.6 is 0 Å². The van der Waals surface area contributed by atoms with Gasteiger partial charge in [0.25, 0.3) is 0 Å². The number of hydrogen-bond donors (Lipinski definition) is 0. The van der Waals surface area contributed by atoms with E-state index in [4.69, 9.17) is 0 Å². The number of fused-ring (bicyclic) bond motifs is 2. The number of likely N-dealkylation sites (N-methyl/N-ethyl adjacent to an activating group) is 1. The molecule has 0 N–H and O–H groups in total. The van der Waals surface area contributed by atoms with Crippen molar-refractivity contribution in [2.24, 2.45) is 0 Å². The van der Waals surface area contributed by atoms with Crippen molar-refractivity contribution in [3.05, 3.63) is 5.32 Å². The summed E-state index contributed by atoms with van der Waals surface area (Å²) in [6.07, 6.45) is 3.25. The second kappa shape index (κ2) is 2.67. The second-order valence-corrected chi connectivity index (χ2v) is 2.80. The molecule has 2 aliphatic rings. The first-order valence-corrected chi connectivity index (χ1v) is 3.26. The Morgan fingerprint density at radius 3 is 2.44 bits per heavy atom. The summed E-state index contributed by atoms with van der Waals surface area (Å²) in [5, 5.41) is 4.51. The molecule has 0 aromatic rings. The number of nitrogens with zero attached hydrogens (tertiary/aromatic N) is 2. The molecule has 2 bridgehead atoms. The van der Waals surface area contributed by atoms with Crippen LogP contribution in [0.25, 0.3) is 5.32 Å². The van der Waals surface area contributed by atoms with Gasteiger partial charge in [0, 0.05) is 20.4 Å². The topological polar surface area (TPSA) is 17.3 Å². The van der Waals surface area contributed by atoms with E-state index in [0.29, 0.717) is 12.2 Å². The van der Waals surface area contributed by atoms with Crippen molar-refractivity contribution < 1.29 is 20.4 Å². The monoisotopic (exact) mass is 298 g/mol. The summed E-state index contributed by atoms with van der Waals surface area (Å²) in [6, 6.07) is 0.699. The standard InChI is InChI=1S/C6H11N2.Re/c1-8-4-5-2-3-6(8)7-5;/h5-6H,2-4H2,1H3;/q-1;. The number of rotatable bonds is 0. The van der Waals surface area contributed by atoms with Gasteiger partial charge in [-0.2, -0.15) is 0 Å². The van der Waals surface area contributed by atoms with Gasteiger partial charge in [-0.05, 0) is 13.6 Å². The van der Waals surface area contributed by atoms with Gasteiger partial charge in [0.05, 0.1) is 0 Å². The molecule has 0 aromatic heterocycles. The summed E-state index contributed by atoms with van der Waals surface area (Å²) in [5.41, 5.74) is 0. The zero-order chi connectivity index (χ0) is 5.56. The van der Waals surface area contributed by atoms with Crippen LogP contribution in [0.1, 0.15) is 12.8 Å². The Kier molecular flexibility index (Phi) is 2.28. The molecular weight excluding hydrogens is 286 g/mol. The fourth-order valence-corrected chi connectivity index (χ4v) is 1.66. The Hall–Kier alpha value is 0.582. The average molecular weight is 297 g/mol. The van der Waals surface area contributed by atoms with E-state index < -0.39 is 0 Å². The normalized spacial score (nSPS) is 41.0. The summed E-state index contributed by atoms with van der Waals surface area (Å²) < 4.78 is 0. The van der Waals surface area contributed by atoms with E-state index in [-0.39, 0.29) is 20.4 Å². The summed E-state index contributed by atoms with van der Waals surface area (Å²) in [6.45, 7) is 1.21. The molecule has 0 amide bonds. The van der Waals surface area contributed by atoms with Crippen LogP contribution in [-0.2, 0) is 20.4 Å². The van der Waals surface area contributed by atoms with Gasteiger partial charge in [0.2, 0.25) is 0 Å². The largest absolute Gasteiger partial charge is 0.643 e. The van der Waals surface area contributed by atoms with Gasteiger partial charge in [0.15, 0.2) is 0 Å². The SMILES string of the molecule is CN1CC2CCC1[N-]2.[Re]. The number of piperidine rings is 1. The van der Waals surface area contributed by atoms with E-state index in [0.717, 1.165) is 0 Å². The first-order chi connectivity index (χ1) is 3.86. The predicted molar refractivity (Wildman–Crippen MR) is 32.8 cm³/mol. The fourth-order valence-electron chi connectivity index (χ4n) is 1.66. The molecule has 53 valence electrons. The van der Waals surface area contributed by atoms with Crippen molar-refractivity contribution >= 4 is 0 Å². The fraction of sp³-hybridized carbons (Fsp3) is 1.00. The van der Waals surface area contributed by atoms with Crippen molar-refractivity contribution in [2.45, 2.75) is 25.0 Å². The van der Waals surface area contributed by atoms with E-state index in [1.54, 1.807) is 0 Å². The van der Waals surface area contributed by atoms with Crippen LogP contribution in [0.3, 0.4) is 0 Å². The molecule has 0 saturated carbocycles. The first-order valence-electron chi connectivity index (χ1n) is 3.26. The molecule has 2 nitrogen and oxygen atoms in total. The average Bonchev–Trinajstić information content (AvgIpc) is 2.23. The molecule has 0 spiro atoms. The Bertz CT molecular complexity index is 105. The van der Waals surface area contributed by atoms with Crippen LogP contribution in [0.2, 0.25) is 0 Å². The quantitative estimate of drug-likeness (QED) is 0.646. The smallest absolute Gasteiger partial charge is 0 e. The van der Waals surface area contributed by atoms with Crippen LogP contribution < -0.4 is 0 Å².